The zero-order chi connectivity index (χ0) is 15.5. The number of likely N-dealkylation sites (N-methyl/N-ethyl adjacent to an activating group) is 1. The Hall–Kier alpha value is -2.04. The van der Waals surface area contributed by atoms with Gasteiger partial charge in [0.15, 0.2) is 0 Å². The summed E-state index contributed by atoms with van der Waals surface area (Å²) in [5, 5.41) is 2.88. The molecule has 1 aromatic carbocycles. The van der Waals surface area contributed by atoms with Crippen LogP contribution in [0.5, 0.6) is 0 Å². The van der Waals surface area contributed by atoms with E-state index in [1.54, 1.807) is 11.9 Å². The van der Waals surface area contributed by atoms with Gasteiger partial charge in [-0.3, -0.25) is 4.79 Å². The number of hydrogen-bond acceptors (Lipinski definition) is 2. The van der Waals surface area contributed by atoms with E-state index in [1.807, 2.05) is 11.0 Å². The minimum atomic E-state index is -0.342. The van der Waals surface area contributed by atoms with Crippen molar-refractivity contribution < 1.29 is 9.59 Å². The van der Waals surface area contributed by atoms with Crippen molar-refractivity contribution in [1.82, 2.24) is 15.1 Å². The van der Waals surface area contributed by atoms with Crippen LogP contribution in [0.15, 0.2) is 30.3 Å². The van der Waals surface area contributed by atoms with Crippen molar-refractivity contribution in [2.75, 3.05) is 26.7 Å². The number of nitrogens with zero attached hydrogens (tertiary/aromatic N) is 2. The van der Waals surface area contributed by atoms with Gasteiger partial charge in [0.1, 0.15) is 6.04 Å². The van der Waals surface area contributed by atoms with Gasteiger partial charge in [-0.25, -0.2) is 4.79 Å². The van der Waals surface area contributed by atoms with Gasteiger partial charge >= 0.3 is 6.03 Å². The molecule has 2 atom stereocenters. The molecule has 2 heterocycles. The number of carbonyl (C=O) groups excluding carboxylic acids is 2. The Morgan fingerprint density at radius 3 is 2.68 bits per heavy atom. The molecular formula is C17H23N3O2. The molecule has 2 aliphatic heterocycles. The van der Waals surface area contributed by atoms with Crippen LogP contribution >= 0.6 is 0 Å². The number of urea groups is 1. The van der Waals surface area contributed by atoms with E-state index in [2.05, 4.69) is 29.6 Å². The smallest absolute Gasteiger partial charge is 0.318 e. The number of amides is 3. The molecule has 118 valence electrons. The zero-order valence-corrected chi connectivity index (χ0v) is 13.0. The minimum absolute atomic E-state index is 0.0217. The second-order valence-corrected chi connectivity index (χ2v) is 6.34. The minimum Gasteiger partial charge on any atom is -0.344 e. The molecule has 5 heteroatoms. The fourth-order valence-electron chi connectivity index (χ4n) is 3.33. The SMILES string of the molecule is CN1CC[C@@H](NC(=O)N2CC[C@H](Cc3ccccc3)C2)C1=O. The Morgan fingerprint density at radius 2 is 2.00 bits per heavy atom. The molecule has 2 saturated heterocycles. The summed E-state index contributed by atoms with van der Waals surface area (Å²) in [5.74, 6) is 0.531. The van der Waals surface area contributed by atoms with Gasteiger partial charge in [0.2, 0.25) is 5.91 Å². The first-order valence-corrected chi connectivity index (χ1v) is 7.98. The van der Waals surface area contributed by atoms with Crippen molar-refractivity contribution in [1.29, 1.82) is 0 Å². The summed E-state index contributed by atoms with van der Waals surface area (Å²) >= 11 is 0. The Balaban J connectivity index is 1.50. The number of carbonyl (C=O) groups is 2. The van der Waals surface area contributed by atoms with Gasteiger partial charge in [0.25, 0.3) is 0 Å². The van der Waals surface area contributed by atoms with Crippen LogP contribution in [0.1, 0.15) is 18.4 Å². The van der Waals surface area contributed by atoms with Gasteiger partial charge in [-0.05, 0) is 30.7 Å². The number of rotatable bonds is 3. The average molecular weight is 301 g/mol. The summed E-state index contributed by atoms with van der Waals surface area (Å²) in [5.41, 5.74) is 1.32. The molecule has 3 rings (SSSR count). The summed E-state index contributed by atoms with van der Waals surface area (Å²) in [7, 11) is 1.78. The van der Waals surface area contributed by atoms with Gasteiger partial charge in [-0.2, -0.15) is 0 Å². The maximum absolute atomic E-state index is 12.3. The molecule has 0 saturated carbocycles. The second kappa shape index (κ2) is 6.38. The topological polar surface area (TPSA) is 52.7 Å². The number of benzene rings is 1. The Morgan fingerprint density at radius 1 is 1.23 bits per heavy atom. The molecule has 0 aliphatic carbocycles. The maximum atomic E-state index is 12.3. The van der Waals surface area contributed by atoms with Gasteiger partial charge in [0, 0.05) is 26.7 Å². The van der Waals surface area contributed by atoms with Gasteiger partial charge in [0.05, 0.1) is 0 Å². The molecule has 0 aromatic heterocycles. The molecular weight excluding hydrogens is 278 g/mol. The number of nitrogens with one attached hydrogen (secondary N) is 1. The van der Waals surface area contributed by atoms with Crippen molar-refractivity contribution >= 4 is 11.9 Å². The lowest BCUT2D eigenvalue weighted by Crippen LogP contribution is -2.46. The molecule has 0 bridgehead atoms. The molecule has 0 unspecified atom stereocenters. The van der Waals surface area contributed by atoms with Gasteiger partial charge in [-0.1, -0.05) is 30.3 Å². The largest absolute Gasteiger partial charge is 0.344 e. The summed E-state index contributed by atoms with van der Waals surface area (Å²) in [6.45, 7) is 2.28. The molecule has 3 amide bonds. The first-order valence-electron chi connectivity index (χ1n) is 7.98. The average Bonchev–Trinajstić information content (AvgIpc) is 3.10. The number of hydrogen-bond donors (Lipinski definition) is 1. The van der Waals surface area contributed by atoms with Crippen LogP contribution in [0.3, 0.4) is 0 Å². The highest BCUT2D eigenvalue weighted by atomic mass is 16.2. The zero-order valence-electron chi connectivity index (χ0n) is 13.0. The predicted molar refractivity (Wildman–Crippen MR) is 84.4 cm³/mol. The van der Waals surface area contributed by atoms with E-state index < -0.39 is 0 Å². The molecule has 1 aromatic rings. The Labute approximate surface area is 131 Å². The van der Waals surface area contributed by atoms with Crippen molar-refractivity contribution in [3.05, 3.63) is 35.9 Å². The Kier molecular flexibility index (Phi) is 4.32. The van der Waals surface area contributed by atoms with Crippen LogP contribution in [-0.4, -0.2) is 54.5 Å². The van der Waals surface area contributed by atoms with Crippen LogP contribution < -0.4 is 5.32 Å². The quantitative estimate of drug-likeness (QED) is 0.919. The first-order chi connectivity index (χ1) is 10.6. The van der Waals surface area contributed by atoms with Crippen LogP contribution in [0.4, 0.5) is 4.79 Å². The number of likely N-dealkylation sites (tertiary alicyclic amines) is 2. The van der Waals surface area contributed by atoms with E-state index >= 15 is 0 Å². The summed E-state index contributed by atoms with van der Waals surface area (Å²) in [4.78, 5) is 27.7. The van der Waals surface area contributed by atoms with E-state index in [-0.39, 0.29) is 18.0 Å². The second-order valence-electron chi connectivity index (χ2n) is 6.34. The fourth-order valence-corrected chi connectivity index (χ4v) is 3.33. The highest BCUT2D eigenvalue weighted by Gasteiger charge is 2.33. The predicted octanol–water partition coefficient (Wildman–Crippen LogP) is 1.49. The molecule has 5 nitrogen and oxygen atoms in total. The van der Waals surface area contributed by atoms with Gasteiger partial charge < -0.3 is 15.1 Å². The lowest BCUT2D eigenvalue weighted by atomic mass is 9.99. The third kappa shape index (κ3) is 3.24. The lowest BCUT2D eigenvalue weighted by molar-refractivity contribution is -0.128. The van der Waals surface area contributed by atoms with E-state index in [0.29, 0.717) is 12.3 Å². The third-order valence-electron chi connectivity index (χ3n) is 4.67. The monoisotopic (exact) mass is 301 g/mol. The van der Waals surface area contributed by atoms with Gasteiger partial charge in [-0.15, -0.1) is 0 Å². The van der Waals surface area contributed by atoms with Crippen molar-refractivity contribution in [2.24, 2.45) is 5.92 Å². The normalized spacial score (nSPS) is 24.9. The lowest BCUT2D eigenvalue weighted by Gasteiger charge is -2.20. The molecule has 0 radical (unpaired) electrons. The summed E-state index contributed by atoms with van der Waals surface area (Å²) < 4.78 is 0. The highest BCUT2D eigenvalue weighted by Crippen LogP contribution is 2.21. The van der Waals surface area contributed by atoms with Crippen molar-refractivity contribution in [3.63, 3.8) is 0 Å². The maximum Gasteiger partial charge on any atom is 0.318 e. The standard InChI is InChI=1S/C17H23N3O2/c1-19-9-8-15(16(19)21)18-17(22)20-10-7-14(12-20)11-13-5-3-2-4-6-13/h2-6,14-15H,7-12H2,1H3,(H,18,22)/t14-,15-/m1/s1. The molecule has 2 aliphatic rings. The van der Waals surface area contributed by atoms with Crippen molar-refractivity contribution in [2.45, 2.75) is 25.3 Å². The first kappa shape index (κ1) is 14.9. The molecule has 1 N–H and O–H groups in total. The third-order valence-corrected chi connectivity index (χ3v) is 4.67. The molecule has 2 fully saturated rings. The van der Waals surface area contributed by atoms with E-state index in [1.165, 1.54) is 5.56 Å². The van der Waals surface area contributed by atoms with Crippen LogP contribution in [-0.2, 0) is 11.2 Å². The van der Waals surface area contributed by atoms with E-state index in [0.717, 1.165) is 32.5 Å². The summed E-state index contributed by atoms with van der Waals surface area (Å²) in [6.07, 6.45) is 2.75. The van der Waals surface area contributed by atoms with E-state index in [9.17, 15) is 9.59 Å². The summed E-state index contributed by atoms with van der Waals surface area (Å²) in [6, 6.07) is 9.96. The van der Waals surface area contributed by atoms with Crippen LogP contribution in [0.25, 0.3) is 0 Å². The fraction of sp³-hybridized carbons (Fsp3) is 0.529. The van der Waals surface area contributed by atoms with Crippen LogP contribution in [0.2, 0.25) is 0 Å². The highest BCUT2D eigenvalue weighted by molar-refractivity contribution is 5.88. The molecule has 0 spiro atoms. The van der Waals surface area contributed by atoms with Crippen molar-refractivity contribution in [3.8, 4) is 0 Å². The van der Waals surface area contributed by atoms with Crippen LogP contribution in [0, 0.1) is 5.92 Å². The van der Waals surface area contributed by atoms with E-state index in [4.69, 9.17) is 0 Å². The Bertz CT molecular complexity index is 546. The molecule has 22 heavy (non-hydrogen) atoms.